The number of amides is 1. The van der Waals surface area contributed by atoms with Crippen molar-refractivity contribution in [3.8, 4) is 12.1 Å². The van der Waals surface area contributed by atoms with Crippen LogP contribution in [0.2, 0.25) is 0 Å². The Morgan fingerprint density at radius 1 is 0.973 bits per heavy atom. The van der Waals surface area contributed by atoms with Crippen LogP contribution in [0, 0.1) is 36.5 Å². The molecule has 3 N–H and O–H groups in total. The Kier molecular flexibility index (Phi) is 7.48. The first-order valence-corrected chi connectivity index (χ1v) is 11.3. The lowest BCUT2D eigenvalue weighted by molar-refractivity contribution is 0.102. The summed E-state index contributed by atoms with van der Waals surface area (Å²) in [6.45, 7) is 3.87. The number of carbonyl (C=O) groups excluding carboxylic acids is 1. The number of carbonyl (C=O) groups is 1. The maximum atomic E-state index is 13.1. The summed E-state index contributed by atoms with van der Waals surface area (Å²) < 4.78 is 0. The van der Waals surface area contributed by atoms with Crippen molar-refractivity contribution >= 4 is 40.9 Å². The summed E-state index contributed by atoms with van der Waals surface area (Å²) in [5, 5.41) is 27.0. The lowest BCUT2D eigenvalue weighted by atomic mass is 10.0. The van der Waals surface area contributed by atoms with Crippen LogP contribution in [0.3, 0.4) is 0 Å². The molecule has 180 valence electrons. The second-order valence-corrected chi connectivity index (χ2v) is 8.06. The molecule has 2 aromatic heterocycles. The molecule has 2 heterocycles. The molecule has 4 aromatic rings. The first-order valence-electron chi connectivity index (χ1n) is 11.3. The van der Waals surface area contributed by atoms with Crippen LogP contribution in [0.4, 0.5) is 29.0 Å². The number of nitrogens with one attached hydrogen (secondary N) is 3. The van der Waals surface area contributed by atoms with E-state index in [-0.39, 0.29) is 11.5 Å². The zero-order valence-corrected chi connectivity index (χ0v) is 20.1. The molecule has 2 aromatic carbocycles. The summed E-state index contributed by atoms with van der Waals surface area (Å²) in [6.07, 6.45) is 6.19. The number of aromatic nitrogens is 3. The van der Waals surface area contributed by atoms with E-state index in [9.17, 15) is 4.79 Å². The van der Waals surface area contributed by atoms with E-state index in [0.29, 0.717) is 22.9 Å². The largest absolute Gasteiger partial charge is 0.339 e. The number of aryl methyl sites for hydroxylation is 2. The SMILES string of the molecule is Cc1cc(/C=C/C#N)cc(C)c1Nc1nc(Nc2ccc(C#N)cc2)ncc1C(=O)Nc1ccccn1. The van der Waals surface area contributed by atoms with Crippen molar-refractivity contribution < 1.29 is 4.79 Å². The molecule has 0 aliphatic heterocycles. The standard InChI is InChI=1S/C28H22N8O/c1-18-14-21(6-5-12-29)15-19(2)25(18)35-26-23(27(37)34-24-7-3-4-13-31-24)17-32-28(36-26)33-22-10-8-20(16-30)9-11-22/h3-11,13-15,17H,1-2H3,(H,31,34,37)(H2,32,33,35,36)/b6-5+. The van der Waals surface area contributed by atoms with Gasteiger partial charge in [-0.25, -0.2) is 9.97 Å². The van der Waals surface area contributed by atoms with Crippen molar-refractivity contribution in [2.24, 2.45) is 0 Å². The monoisotopic (exact) mass is 486 g/mol. The van der Waals surface area contributed by atoms with E-state index in [1.807, 2.05) is 32.0 Å². The van der Waals surface area contributed by atoms with Gasteiger partial charge in [0.25, 0.3) is 5.91 Å². The molecular weight excluding hydrogens is 464 g/mol. The van der Waals surface area contributed by atoms with Gasteiger partial charge in [0.15, 0.2) is 0 Å². The molecule has 1 amide bonds. The average molecular weight is 487 g/mol. The highest BCUT2D eigenvalue weighted by Crippen LogP contribution is 2.28. The molecule has 37 heavy (non-hydrogen) atoms. The number of benzene rings is 2. The van der Waals surface area contributed by atoms with Crippen molar-refractivity contribution in [1.29, 1.82) is 10.5 Å². The Hall–Kier alpha value is -5.54. The van der Waals surface area contributed by atoms with Gasteiger partial charge in [-0.05, 0) is 85.1 Å². The molecule has 0 saturated heterocycles. The van der Waals surface area contributed by atoms with E-state index in [1.54, 1.807) is 54.7 Å². The quantitative estimate of drug-likeness (QED) is 0.285. The smallest absolute Gasteiger partial charge is 0.262 e. The first kappa shape index (κ1) is 24.6. The van der Waals surface area contributed by atoms with Crippen LogP contribution in [0.25, 0.3) is 6.08 Å². The summed E-state index contributed by atoms with van der Waals surface area (Å²) in [5.74, 6) is 0.547. The Balaban J connectivity index is 1.70. The molecule has 0 saturated carbocycles. The Labute approximate surface area is 214 Å². The third-order valence-electron chi connectivity index (χ3n) is 5.36. The highest BCUT2D eigenvalue weighted by Gasteiger charge is 2.18. The van der Waals surface area contributed by atoms with Crippen molar-refractivity contribution in [1.82, 2.24) is 15.0 Å². The minimum atomic E-state index is -0.421. The highest BCUT2D eigenvalue weighted by molar-refractivity contribution is 6.07. The first-order chi connectivity index (χ1) is 18.0. The zero-order valence-electron chi connectivity index (χ0n) is 20.1. The van der Waals surface area contributed by atoms with Gasteiger partial charge >= 0.3 is 0 Å². The molecule has 9 nitrogen and oxygen atoms in total. The molecule has 4 rings (SSSR count). The van der Waals surface area contributed by atoms with Gasteiger partial charge < -0.3 is 16.0 Å². The maximum absolute atomic E-state index is 13.1. The summed E-state index contributed by atoms with van der Waals surface area (Å²) in [7, 11) is 0. The fraction of sp³-hybridized carbons (Fsp3) is 0.0714. The van der Waals surface area contributed by atoms with E-state index >= 15 is 0 Å². The Morgan fingerprint density at radius 2 is 1.73 bits per heavy atom. The van der Waals surface area contributed by atoms with E-state index in [0.717, 1.165) is 22.4 Å². The van der Waals surface area contributed by atoms with Gasteiger partial charge in [-0.3, -0.25) is 4.79 Å². The van der Waals surface area contributed by atoms with Crippen LogP contribution in [0.5, 0.6) is 0 Å². The molecule has 0 aliphatic rings. The molecule has 0 radical (unpaired) electrons. The number of rotatable bonds is 7. The van der Waals surface area contributed by atoms with Crippen LogP contribution in [-0.4, -0.2) is 20.9 Å². The fourth-order valence-electron chi connectivity index (χ4n) is 3.62. The summed E-state index contributed by atoms with van der Waals surface area (Å²) in [5.41, 5.74) is 4.95. The molecule has 0 spiro atoms. The van der Waals surface area contributed by atoms with Crippen LogP contribution in [0.15, 0.2) is 73.1 Å². The molecule has 0 bridgehead atoms. The third kappa shape index (κ3) is 6.13. The number of nitrogens with zero attached hydrogens (tertiary/aromatic N) is 5. The predicted molar refractivity (Wildman–Crippen MR) is 143 cm³/mol. The number of pyridine rings is 1. The van der Waals surface area contributed by atoms with Gasteiger partial charge in [0.1, 0.15) is 17.2 Å². The molecule has 0 aliphatic carbocycles. The highest BCUT2D eigenvalue weighted by atomic mass is 16.1. The molecule has 0 fully saturated rings. The van der Waals surface area contributed by atoms with Crippen LogP contribution >= 0.6 is 0 Å². The topological polar surface area (TPSA) is 139 Å². The van der Waals surface area contributed by atoms with Gasteiger partial charge in [0, 0.05) is 29.8 Å². The summed E-state index contributed by atoms with van der Waals surface area (Å²) >= 11 is 0. The van der Waals surface area contributed by atoms with Gasteiger partial charge in [0.05, 0.1) is 17.7 Å². The molecular formula is C28H22N8O. The average Bonchev–Trinajstić information content (AvgIpc) is 2.90. The van der Waals surface area contributed by atoms with Gasteiger partial charge in [0.2, 0.25) is 5.95 Å². The maximum Gasteiger partial charge on any atom is 0.262 e. The van der Waals surface area contributed by atoms with Crippen LogP contribution < -0.4 is 16.0 Å². The van der Waals surface area contributed by atoms with E-state index in [2.05, 4.69) is 37.0 Å². The molecule has 0 atom stereocenters. The van der Waals surface area contributed by atoms with Gasteiger partial charge in [-0.1, -0.05) is 6.07 Å². The predicted octanol–water partition coefficient (Wildman–Crippen LogP) is 5.64. The van der Waals surface area contributed by atoms with E-state index in [4.69, 9.17) is 10.5 Å². The van der Waals surface area contributed by atoms with Crippen molar-refractivity contribution in [3.05, 3.63) is 101 Å². The fourth-order valence-corrected chi connectivity index (χ4v) is 3.62. The normalized spacial score (nSPS) is 10.4. The van der Waals surface area contributed by atoms with Crippen LogP contribution in [-0.2, 0) is 0 Å². The van der Waals surface area contributed by atoms with Gasteiger partial charge in [-0.15, -0.1) is 0 Å². The number of hydrogen-bond donors (Lipinski definition) is 3. The van der Waals surface area contributed by atoms with Crippen molar-refractivity contribution in [2.45, 2.75) is 13.8 Å². The number of anilines is 5. The Morgan fingerprint density at radius 3 is 2.38 bits per heavy atom. The molecule has 0 unspecified atom stereocenters. The summed E-state index contributed by atoms with van der Waals surface area (Å²) in [6, 6.07) is 20.0. The van der Waals surface area contributed by atoms with Crippen molar-refractivity contribution in [3.63, 3.8) is 0 Å². The van der Waals surface area contributed by atoms with Crippen LogP contribution in [0.1, 0.15) is 32.6 Å². The third-order valence-corrected chi connectivity index (χ3v) is 5.36. The number of allylic oxidation sites excluding steroid dienone is 1. The molecule has 9 heteroatoms. The minimum absolute atomic E-state index is 0.225. The lowest BCUT2D eigenvalue weighted by Gasteiger charge is -2.17. The second-order valence-electron chi connectivity index (χ2n) is 8.06. The van der Waals surface area contributed by atoms with E-state index in [1.165, 1.54) is 12.3 Å². The van der Waals surface area contributed by atoms with Crippen molar-refractivity contribution in [2.75, 3.05) is 16.0 Å². The summed E-state index contributed by atoms with van der Waals surface area (Å²) in [4.78, 5) is 26.2. The second kappa shape index (κ2) is 11.3. The zero-order chi connectivity index (χ0) is 26.2. The Bertz CT molecular complexity index is 1530. The lowest BCUT2D eigenvalue weighted by Crippen LogP contribution is -2.17. The van der Waals surface area contributed by atoms with E-state index < -0.39 is 5.91 Å². The van der Waals surface area contributed by atoms with Gasteiger partial charge in [-0.2, -0.15) is 15.5 Å². The number of nitriles is 2. The minimum Gasteiger partial charge on any atom is -0.339 e. The number of hydrogen-bond acceptors (Lipinski definition) is 8.